The number of urea groups is 1. The molecule has 5 nitrogen and oxygen atoms in total. The second-order valence-corrected chi connectivity index (χ2v) is 5.92. The molecule has 1 aliphatic heterocycles. The molecule has 1 aromatic carbocycles. The minimum atomic E-state index is -1.37. The number of carboxylic acids is 1. The highest BCUT2D eigenvalue weighted by Crippen LogP contribution is 2.31. The fourth-order valence-corrected chi connectivity index (χ4v) is 2.75. The number of nitrogens with zero attached hydrogens (tertiary/aromatic N) is 1. The maximum absolute atomic E-state index is 13.7. The van der Waals surface area contributed by atoms with Crippen LogP contribution in [-0.4, -0.2) is 34.1 Å². The highest BCUT2D eigenvalue weighted by Gasteiger charge is 2.46. The Bertz CT molecular complexity index is 588. The summed E-state index contributed by atoms with van der Waals surface area (Å²) in [6.45, 7) is 1.63. The van der Waals surface area contributed by atoms with E-state index in [4.69, 9.17) is 0 Å². The Morgan fingerprint density at radius 2 is 1.95 bits per heavy atom. The number of likely N-dealkylation sites (tertiary alicyclic amines) is 1. The number of nitrogens with one attached hydrogen (secondary N) is 1. The Balaban J connectivity index is 2.25. The first-order valence-electron chi connectivity index (χ1n) is 6.22. The Morgan fingerprint density at radius 3 is 2.48 bits per heavy atom. The van der Waals surface area contributed by atoms with Gasteiger partial charge in [0.15, 0.2) is 11.6 Å². The first-order valence-corrected chi connectivity index (χ1v) is 7.01. The highest BCUT2D eigenvalue weighted by atomic mass is 79.9. The topological polar surface area (TPSA) is 69.6 Å². The Labute approximate surface area is 128 Å². The molecule has 1 heterocycles. The number of hydrogen-bond donors (Lipinski definition) is 2. The van der Waals surface area contributed by atoms with E-state index in [0.29, 0.717) is 12.8 Å². The summed E-state index contributed by atoms with van der Waals surface area (Å²) >= 11 is 2.94. The van der Waals surface area contributed by atoms with Gasteiger partial charge in [-0.25, -0.2) is 18.4 Å². The van der Waals surface area contributed by atoms with Crippen LogP contribution in [0.2, 0.25) is 0 Å². The molecule has 8 heteroatoms. The van der Waals surface area contributed by atoms with Crippen molar-refractivity contribution in [2.45, 2.75) is 25.3 Å². The number of carbonyl (C=O) groups excluding carboxylic acids is 1. The predicted molar refractivity (Wildman–Crippen MR) is 75.1 cm³/mol. The minimum Gasteiger partial charge on any atom is -0.480 e. The van der Waals surface area contributed by atoms with E-state index in [1.54, 1.807) is 0 Å². The Kier molecular flexibility index (Phi) is 4.18. The van der Waals surface area contributed by atoms with Crippen LogP contribution in [0.25, 0.3) is 0 Å². The number of halogens is 3. The summed E-state index contributed by atoms with van der Waals surface area (Å²) in [5.74, 6) is -3.02. The second kappa shape index (κ2) is 5.59. The quantitative estimate of drug-likeness (QED) is 0.848. The molecule has 1 saturated heterocycles. The van der Waals surface area contributed by atoms with Crippen molar-refractivity contribution in [3.05, 3.63) is 28.2 Å². The first-order chi connectivity index (χ1) is 9.75. The van der Waals surface area contributed by atoms with Gasteiger partial charge >= 0.3 is 12.0 Å². The number of carboxylic acid groups (broad SMARTS) is 1. The van der Waals surface area contributed by atoms with Crippen LogP contribution < -0.4 is 5.32 Å². The Hall–Kier alpha value is -1.70. The van der Waals surface area contributed by atoms with Crippen molar-refractivity contribution in [2.75, 3.05) is 11.9 Å². The molecule has 2 N–H and O–H groups in total. The van der Waals surface area contributed by atoms with Crippen LogP contribution in [0.15, 0.2) is 16.6 Å². The lowest BCUT2D eigenvalue weighted by Crippen LogP contribution is -2.52. The number of rotatable bonds is 2. The van der Waals surface area contributed by atoms with E-state index in [0.717, 1.165) is 17.0 Å². The summed E-state index contributed by atoms with van der Waals surface area (Å²) in [6, 6.07) is 1.19. The van der Waals surface area contributed by atoms with Crippen molar-refractivity contribution in [3.8, 4) is 0 Å². The van der Waals surface area contributed by atoms with E-state index < -0.39 is 34.9 Å². The van der Waals surface area contributed by atoms with E-state index in [-0.39, 0.29) is 11.0 Å². The van der Waals surface area contributed by atoms with Crippen LogP contribution in [0, 0.1) is 11.6 Å². The molecule has 0 saturated carbocycles. The van der Waals surface area contributed by atoms with Crippen molar-refractivity contribution in [1.29, 1.82) is 0 Å². The zero-order valence-corrected chi connectivity index (χ0v) is 12.7. The van der Waals surface area contributed by atoms with Crippen LogP contribution in [0.1, 0.15) is 19.8 Å². The van der Waals surface area contributed by atoms with E-state index in [2.05, 4.69) is 21.2 Å². The molecule has 1 aliphatic rings. The van der Waals surface area contributed by atoms with Crippen molar-refractivity contribution in [1.82, 2.24) is 4.90 Å². The van der Waals surface area contributed by atoms with Crippen LogP contribution in [0.3, 0.4) is 0 Å². The molecular weight excluding hydrogens is 350 g/mol. The molecule has 1 fully saturated rings. The molecule has 114 valence electrons. The van der Waals surface area contributed by atoms with Gasteiger partial charge in [0, 0.05) is 11.0 Å². The third-order valence-electron chi connectivity index (χ3n) is 3.59. The average Bonchev–Trinajstić information content (AvgIpc) is 2.77. The molecule has 21 heavy (non-hydrogen) atoms. The number of hydrogen-bond acceptors (Lipinski definition) is 2. The number of carbonyl (C=O) groups is 2. The largest absolute Gasteiger partial charge is 0.480 e. The van der Waals surface area contributed by atoms with Crippen molar-refractivity contribution in [3.63, 3.8) is 0 Å². The summed E-state index contributed by atoms with van der Waals surface area (Å²) in [5.41, 5.74) is -1.96. The van der Waals surface area contributed by atoms with Gasteiger partial charge in [-0.2, -0.15) is 0 Å². The predicted octanol–water partition coefficient (Wildman–Crippen LogP) is 3.20. The normalized spacial score (nSPS) is 21.4. The average molecular weight is 363 g/mol. The molecule has 0 aliphatic carbocycles. The maximum atomic E-state index is 13.7. The number of anilines is 1. The molecule has 2 rings (SSSR count). The van der Waals surface area contributed by atoms with Gasteiger partial charge in [0.2, 0.25) is 0 Å². The van der Waals surface area contributed by atoms with Gasteiger partial charge < -0.3 is 15.3 Å². The fourth-order valence-electron chi connectivity index (χ4n) is 2.35. The minimum absolute atomic E-state index is 0.201. The molecule has 0 radical (unpaired) electrons. The van der Waals surface area contributed by atoms with Crippen LogP contribution >= 0.6 is 15.9 Å². The molecule has 0 spiro atoms. The van der Waals surface area contributed by atoms with Gasteiger partial charge in [-0.15, -0.1) is 0 Å². The van der Waals surface area contributed by atoms with E-state index in [9.17, 15) is 23.5 Å². The van der Waals surface area contributed by atoms with Crippen molar-refractivity contribution in [2.24, 2.45) is 0 Å². The van der Waals surface area contributed by atoms with Crippen LogP contribution in [0.4, 0.5) is 19.3 Å². The molecule has 0 bridgehead atoms. The zero-order valence-electron chi connectivity index (χ0n) is 11.1. The van der Waals surface area contributed by atoms with Crippen molar-refractivity contribution >= 4 is 33.6 Å². The van der Waals surface area contributed by atoms with Gasteiger partial charge in [0.25, 0.3) is 0 Å². The van der Waals surface area contributed by atoms with Crippen LogP contribution in [0.5, 0.6) is 0 Å². The fraction of sp³-hybridized carbons (Fsp3) is 0.385. The molecule has 1 unspecified atom stereocenters. The summed E-state index contributed by atoms with van der Waals surface area (Å²) in [4.78, 5) is 24.5. The molecule has 1 aromatic rings. The monoisotopic (exact) mass is 362 g/mol. The summed E-state index contributed by atoms with van der Waals surface area (Å²) in [6.07, 6.45) is 0.808. The first kappa shape index (κ1) is 15.7. The van der Waals surface area contributed by atoms with Gasteiger partial charge in [-0.3, -0.25) is 0 Å². The van der Waals surface area contributed by atoms with Crippen molar-refractivity contribution < 1.29 is 23.5 Å². The Morgan fingerprint density at radius 1 is 1.38 bits per heavy atom. The zero-order chi connectivity index (χ0) is 15.8. The maximum Gasteiger partial charge on any atom is 0.329 e. The highest BCUT2D eigenvalue weighted by molar-refractivity contribution is 9.10. The van der Waals surface area contributed by atoms with E-state index in [1.807, 2.05) is 0 Å². The SMILES string of the molecule is CC1(C(=O)O)CCCN1C(=O)Nc1c(F)cc(Br)cc1F. The van der Waals surface area contributed by atoms with Gasteiger partial charge in [-0.1, -0.05) is 15.9 Å². The van der Waals surface area contributed by atoms with Gasteiger partial charge in [0.05, 0.1) is 0 Å². The summed E-state index contributed by atoms with van der Waals surface area (Å²) in [7, 11) is 0. The number of amides is 2. The summed E-state index contributed by atoms with van der Waals surface area (Å²) < 4.78 is 27.6. The lowest BCUT2D eigenvalue weighted by molar-refractivity contribution is -0.146. The van der Waals surface area contributed by atoms with E-state index in [1.165, 1.54) is 6.92 Å². The van der Waals surface area contributed by atoms with Gasteiger partial charge in [-0.05, 0) is 31.9 Å². The molecule has 2 amide bonds. The third kappa shape index (κ3) is 2.85. The second-order valence-electron chi connectivity index (χ2n) is 5.01. The molecular formula is C13H13BrF2N2O3. The van der Waals surface area contributed by atoms with Crippen LogP contribution in [-0.2, 0) is 4.79 Å². The van der Waals surface area contributed by atoms with Gasteiger partial charge in [0.1, 0.15) is 11.2 Å². The lowest BCUT2D eigenvalue weighted by Gasteiger charge is -2.31. The number of benzene rings is 1. The molecule has 1 atom stereocenters. The lowest BCUT2D eigenvalue weighted by atomic mass is 10.00. The standard InChI is InChI=1S/C13H13BrF2N2O3/c1-13(11(19)20)3-2-4-18(13)12(21)17-10-8(15)5-7(14)6-9(10)16/h5-6H,2-4H2,1H3,(H,17,21)(H,19,20). The smallest absolute Gasteiger partial charge is 0.329 e. The molecule has 0 aromatic heterocycles. The number of aliphatic carboxylic acids is 1. The van der Waals surface area contributed by atoms with E-state index >= 15 is 0 Å². The third-order valence-corrected chi connectivity index (χ3v) is 4.04. The summed E-state index contributed by atoms with van der Waals surface area (Å²) in [5, 5.41) is 11.3.